The first-order chi connectivity index (χ1) is 8.34. The van der Waals surface area contributed by atoms with Crippen LogP contribution < -0.4 is 5.32 Å². The quantitative estimate of drug-likeness (QED) is 0.807. The minimum Gasteiger partial charge on any atom is -0.372 e. The second-order valence-corrected chi connectivity index (χ2v) is 4.94. The molecule has 1 fully saturated rings. The molecule has 1 aromatic rings. The van der Waals surface area contributed by atoms with Gasteiger partial charge in [0.1, 0.15) is 5.82 Å². The molecule has 17 heavy (non-hydrogen) atoms. The number of ether oxygens (including phenoxy) is 1. The van der Waals surface area contributed by atoms with Crippen molar-refractivity contribution in [1.29, 1.82) is 0 Å². The fourth-order valence-electron chi connectivity index (χ4n) is 2.92. The first kappa shape index (κ1) is 11.2. The van der Waals surface area contributed by atoms with Gasteiger partial charge < -0.3 is 10.1 Å². The number of hydrogen-bond donors (Lipinski definition) is 1. The highest BCUT2D eigenvalue weighted by atomic mass is 19.1. The SMILES string of the molecule is Fc1ccc2c(c1)C(C1CCCN1)OCCC2. The number of nitrogens with one attached hydrogen (secondary N) is 1. The number of hydrogen-bond acceptors (Lipinski definition) is 2. The van der Waals surface area contributed by atoms with Gasteiger partial charge >= 0.3 is 0 Å². The topological polar surface area (TPSA) is 21.3 Å². The van der Waals surface area contributed by atoms with Crippen molar-refractivity contribution >= 4 is 0 Å². The van der Waals surface area contributed by atoms with Crippen LogP contribution in [0.25, 0.3) is 0 Å². The van der Waals surface area contributed by atoms with Gasteiger partial charge in [0.2, 0.25) is 0 Å². The molecule has 2 aliphatic heterocycles. The minimum absolute atomic E-state index is 0.0331. The molecule has 0 amide bonds. The van der Waals surface area contributed by atoms with E-state index in [-0.39, 0.29) is 11.9 Å². The van der Waals surface area contributed by atoms with Gasteiger partial charge in [0.15, 0.2) is 0 Å². The van der Waals surface area contributed by atoms with Gasteiger partial charge in [-0.25, -0.2) is 4.39 Å². The van der Waals surface area contributed by atoms with Crippen molar-refractivity contribution in [2.24, 2.45) is 0 Å². The van der Waals surface area contributed by atoms with Gasteiger partial charge in [0.25, 0.3) is 0 Å². The number of fused-ring (bicyclic) bond motifs is 1. The smallest absolute Gasteiger partial charge is 0.123 e. The van der Waals surface area contributed by atoms with E-state index in [4.69, 9.17) is 4.74 Å². The van der Waals surface area contributed by atoms with E-state index in [2.05, 4.69) is 5.32 Å². The summed E-state index contributed by atoms with van der Waals surface area (Å²) < 4.78 is 19.4. The fraction of sp³-hybridized carbons (Fsp3) is 0.571. The van der Waals surface area contributed by atoms with Crippen LogP contribution in [-0.2, 0) is 11.2 Å². The van der Waals surface area contributed by atoms with Gasteiger partial charge in [-0.15, -0.1) is 0 Å². The molecule has 2 aliphatic rings. The van der Waals surface area contributed by atoms with Crippen molar-refractivity contribution < 1.29 is 9.13 Å². The predicted molar refractivity (Wildman–Crippen MR) is 64.4 cm³/mol. The lowest BCUT2D eigenvalue weighted by molar-refractivity contribution is 0.0332. The number of benzene rings is 1. The normalized spacial score (nSPS) is 28.8. The highest BCUT2D eigenvalue weighted by Crippen LogP contribution is 2.32. The molecule has 92 valence electrons. The summed E-state index contributed by atoms with van der Waals surface area (Å²) in [6, 6.07) is 5.49. The zero-order valence-electron chi connectivity index (χ0n) is 9.92. The molecule has 0 spiro atoms. The molecule has 2 atom stereocenters. The summed E-state index contributed by atoms with van der Waals surface area (Å²) in [6.45, 7) is 1.83. The summed E-state index contributed by atoms with van der Waals surface area (Å²) in [5, 5.41) is 3.47. The molecule has 2 heterocycles. The molecular weight excluding hydrogens is 217 g/mol. The van der Waals surface area contributed by atoms with Crippen molar-refractivity contribution in [3.8, 4) is 0 Å². The molecule has 1 aromatic carbocycles. The first-order valence-corrected chi connectivity index (χ1v) is 6.48. The summed E-state index contributed by atoms with van der Waals surface area (Å²) in [5.41, 5.74) is 2.31. The highest BCUT2D eigenvalue weighted by Gasteiger charge is 2.29. The van der Waals surface area contributed by atoms with Crippen LogP contribution in [-0.4, -0.2) is 19.2 Å². The Bertz CT molecular complexity index is 401. The van der Waals surface area contributed by atoms with E-state index in [1.807, 2.05) is 6.07 Å². The van der Waals surface area contributed by atoms with E-state index < -0.39 is 0 Å². The summed E-state index contributed by atoms with van der Waals surface area (Å²) in [7, 11) is 0. The van der Waals surface area contributed by atoms with Crippen molar-refractivity contribution in [3.05, 3.63) is 35.1 Å². The van der Waals surface area contributed by atoms with E-state index in [1.165, 1.54) is 12.0 Å². The number of aryl methyl sites for hydroxylation is 1. The first-order valence-electron chi connectivity index (χ1n) is 6.48. The van der Waals surface area contributed by atoms with Gasteiger partial charge in [-0.05, 0) is 55.5 Å². The second-order valence-electron chi connectivity index (χ2n) is 4.94. The Morgan fingerprint density at radius 3 is 3.06 bits per heavy atom. The van der Waals surface area contributed by atoms with E-state index in [0.717, 1.165) is 38.0 Å². The molecule has 3 rings (SSSR count). The van der Waals surface area contributed by atoms with Gasteiger partial charge in [-0.1, -0.05) is 6.07 Å². The van der Waals surface area contributed by atoms with Gasteiger partial charge in [-0.3, -0.25) is 0 Å². The molecule has 0 aromatic heterocycles. The lowest BCUT2D eigenvalue weighted by Gasteiger charge is -2.24. The minimum atomic E-state index is -0.155. The zero-order valence-corrected chi connectivity index (χ0v) is 9.92. The van der Waals surface area contributed by atoms with Crippen LogP contribution >= 0.6 is 0 Å². The van der Waals surface area contributed by atoms with E-state index in [0.29, 0.717) is 6.04 Å². The third-order valence-corrected chi connectivity index (χ3v) is 3.77. The van der Waals surface area contributed by atoms with Crippen molar-refractivity contribution in [2.75, 3.05) is 13.2 Å². The Morgan fingerprint density at radius 2 is 2.24 bits per heavy atom. The Morgan fingerprint density at radius 1 is 1.29 bits per heavy atom. The van der Waals surface area contributed by atoms with Crippen LogP contribution in [0.5, 0.6) is 0 Å². The van der Waals surface area contributed by atoms with Crippen molar-refractivity contribution in [3.63, 3.8) is 0 Å². The second kappa shape index (κ2) is 4.75. The molecule has 0 aliphatic carbocycles. The molecule has 3 heteroatoms. The summed E-state index contributed by atoms with van der Waals surface area (Å²) >= 11 is 0. The maximum absolute atomic E-state index is 13.4. The monoisotopic (exact) mass is 235 g/mol. The summed E-state index contributed by atoms with van der Waals surface area (Å²) in [6.07, 6.45) is 4.38. The van der Waals surface area contributed by atoms with Crippen LogP contribution in [0.3, 0.4) is 0 Å². The molecule has 0 radical (unpaired) electrons. The highest BCUT2D eigenvalue weighted by molar-refractivity contribution is 5.32. The summed E-state index contributed by atoms with van der Waals surface area (Å²) in [5.74, 6) is -0.155. The number of halogens is 1. The molecule has 0 bridgehead atoms. The predicted octanol–water partition coefficient (Wildman–Crippen LogP) is 2.58. The third kappa shape index (κ3) is 2.22. The van der Waals surface area contributed by atoms with Crippen LogP contribution in [0.4, 0.5) is 4.39 Å². The molecule has 2 nitrogen and oxygen atoms in total. The lowest BCUT2D eigenvalue weighted by atomic mass is 9.95. The van der Waals surface area contributed by atoms with Crippen molar-refractivity contribution in [2.45, 2.75) is 37.8 Å². The van der Waals surface area contributed by atoms with Crippen LogP contribution in [0.1, 0.15) is 36.5 Å². The average Bonchev–Trinajstić information content (AvgIpc) is 2.77. The van der Waals surface area contributed by atoms with Gasteiger partial charge in [0, 0.05) is 12.6 Å². The third-order valence-electron chi connectivity index (χ3n) is 3.77. The molecule has 1 saturated heterocycles. The summed E-state index contributed by atoms with van der Waals surface area (Å²) in [4.78, 5) is 0. The lowest BCUT2D eigenvalue weighted by Crippen LogP contribution is -2.30. The molecule has 0 saturated carbocycles. The largest absolute Gasteiger partial charge is 0.372 e. The van der Waals surface area contributed by atoms with E-state index in [1.54, 1.807) is 12.1 Å². The standard InChI is InChI=1S/C14H18FNO/c15-11-6-5-10-3-2-8-17-14(12(10)9-11)13-4-1-7-16-13/h5-6,9,13-14,16H,1-4,7-8H2. The Labute approximate surface area is 101 Å². The number of rotatable bonds is 1. The molecular formula is C14H18FNO. The maximum Gasteiger partial charge on any atom is 0.123 e. The fourth-order valence-corrected chi connectivity index (χ4v) is 2.92. The van der Waals surface area contributed by atoms with Crippen molar-refractivity contribution in [1.82, 2.24) is 5.32 Å². The Kier molecular flexibility index (Phi) is 3.12. The average molecular weight is 235 g/mol. The van der Waals surface area contributed by atoms with Crippen LogP contribution in [0.2, 0.25) is 0 Å². The Hall–Kier alpha value is -0.930. The Balaban J connectivity index is 1.96. The van der Waals surface area contributed by atoms with E-state index >= 15 is 0 Å². The maximum atomic E-state index is 13.4. The van der Waals surface area contributed by atoms with Crippen LogP contribution in [0.15, 0.2) is 18.2 Å². The zero-order chi connectivity index (χ0) is 11.7. The van der Waals surface area contributed by atoms with Crippen LogP contribution in [0, 0.1) is 5.82 Å². The molecule has 2 unspecified atom stereocenters. The van der Waals surface area contributed by atoms with Gasteiger partial charge in [0.05, 0.1) is 6.10 Å². The van der Waals surface area contributed by atoms with Gasteiger partial charge in [-0.2, -0.15) is 0 Å². The molecule has 1 N–H and O–H groups in total. The van der Waals surface area contributed by atoms with E-state index in [9.17, 15) is 4.39 Å².